The molecule has 0 heterocycles. The number of rotatable bonds is 3. The van der Waals surface area contributed by atoms with E-state index in [2.05, 4.69) is 17.6 Å². The van der Waals surface area contributed by atoms with Crippen LogP contribution in [0.25, 0.3) is 0 Å². The SMILES string of the molecule is CCC1CCCC(NC(=O)NC2CCCCC2)C1. The van der Waals surface area contributed by atoms with Gasteiger partial charge in [0.1, 0.15) is 0 Å². The molecule has 0 aromatic carbocycles. The molecule has 2 amide bonds. The second-order valence-corrected chi connectivity index (χ2v) is 6.09. The van der Waals surface area contributed by atoms with Crippen LogP contribution in [-0.4, -0.2) is 18.1 Å². The lowest BCUT2D eigenvalue weighted by Crippen LogP contribution is -2.48. The minimum Gasteiger partial charge on any atom is -0.335 e. The second-order valence-electron chi connectivity index (χ2n) is 6.09. The number of hydrogen-bond acceptors (Lipinski definition) is 1. The van der Waals surface area contributed by atoms with E-state index in [1.807, 2.05) is 0 Å². The van der Waals surface area contributed by atoms with Crippen LogP contribution < -0.4 is 10.6 Å². The van der Waals surface area contributed by atoms with Crippen molar-refractivity contribution in [1.29, 1.82) is 0 Å². The highest BCUT2D eigenvalue weighted by atomic mass is 16.2. The first kappa shape index (κ1) is 13.7. The normalized spacial score (nSPS) is 29.8. The van der Waals surface area contributed by atoms with Gasteiger partial charge >= 0.3 is 6.03 Å². The molecule has 2 saturated carbocycles. The molecular weight excluding hydrogens is 224 g/mol. The number of hydrogen-bond donors (Lipinski definition) is 2. The largest absolute Gasteiger partial charge is 0.335 e. The summed E-state index contributed by atoms with van der Waals surface area (Å²) in [6.45, 7) is 2.26. The van der Waals surface area contributed by atoms with Gasteiger partial charge in [-0.3, -0.25) is 0 Å². The van der Waals surface area contributed by atoms with E-state index in [4.69, 9.17) is 0 Å². The van der Waals surface area contributed by atoms with Crippen molar-refractivity contribution in [2.45, 2.75) is 83.2 Å². The van der Waals surface area contributed by atoms with Crippen LogP contribution in [0.4, 0.5) is 4.79 Å². The number of amides is 2. The maximum atomic E-state index is 12.0. The third-order valence-electron chi connectivity index (χ3n) is 4.64. The van der Waals surface area contributed by atoms with Gasteiger partial charge in [-0.25, -0.2) is 4.79 Å². The van der Waals surface area contributed by atoms with E-state index in [-0.39, 0.29) is 6.03 Å². The van der Waals surface area contributed by atoms with Crippen molar-refractivity contribution in [2.75, 3.05) is 0 Å². The topological polar surface area (TPSA) is 41.1 Å². The molecule has 0 radical (unpaired) electrons. The molecule has 104 valence electrons. The van der Waals surface area contributed by atoms with Gasteiger partial charge in [0.25, 0.3) is 0 Å². The summed E-state index contributed by atoms with van der Waals surface area (Å²) in [5.41, 5.74) is 0. The number of nitrogens with one attached hydrogen (secondary N) is 2. The highest BCUT2D eigenvalue weighted by Crippen LogP contribution is 2.26. The average Bonchev–Trinajstić information content (AvgIpc) is 2.40. The minimum absolute atomic E-state index is 0.0728. The first-order chi connectivity index (χ1) is 8.78. The van der Waals surface area contributed by atoms with Crippen LogP contribution >= 0.6 is 0 Å². The second kappa shape index (κ2) is 7.01. The van der Waals surface area contributed by atoms with Crippen LogP contribution in [-0.2, 0) is 0 Å². The van der Waals surface area contributed by atoms with E-state index >= 15 is 0 Å². The fourth-order valence-corrected chi connectivity index (χ4v) is 3.45. The Bertz CT molecular complexity index is 261. The molecule has 0 spiro atoms. The summed E-state index contributed by atoms with van der Waals surface area (Å²) < 4.78 is 0. The Balaban J connectivity index is 1.69. The van der Waals surface area contributed by atoms with Gasteiger partial charge in [0.15, 0.2) is 0 Å². The first-order valence-electron chi connectivity index (χ1n) is 7.85. The van der Waals surface area contributed by atoms with Crippen molar-refractivity contribution in [3.63, 3.8) is 0 Å². The standard InChI is InChI=1S/C15H28N2O/c1-2-12-7-6-10-14(11-12)17-15(18)16-13-8-4-3-5-9-13/h12-14H,2-11H2,1H3,(H2,16,17,18). The highest BCUT2D eigenvalue weighted by molar-refractivity contribution is 5.74. The van der Waals surface area contributed by atoms with Gasteiger partial charge in [-0.15, -0.1) is 0 Å². The summed E-state index contributed by atoms with van der Waals surface area (Å²) in [4.78, 5) is 12.0. The Morgan fingerprint density at radius 1 is 0.944 bits per heavy atom. The molecule has 2 aliphatic carbocycles. The predicted molar refractivity (Wildman–Crippen MR) is 74.6 cm³/mol. The summed E-state index contributed by atoms with van der Waals surface area (Å²) >= 11 is 0. The third kappa shape index (κ3) is 4.18. The maximum absolute atomic E-state index is 12.0. The molecule has 2 fully saturated rings. The van der Waals surface area contributed by atoms with Crippen LogP contribution in [0.1, 0.15) is 71.1 Å². The van der Waals surface area contributed by atoms with Crippen molar-refractivity contribution >= 4 is 6.03 Å². The van der Waals surface area contributed by atoms with Gasteiger partial charge in [-0.05, 0) is 31.6 Å². The van der Waals surface area contributed by atoms with Gasteiger partial charge in [0.2, 0.25) is 0 Å². The molecule has 2 N–H and O–H groups in total. The van der Waals surface area contributed by atoms with Gasteiger partial charge < -0.3 is 10.6 Å². The zero-order chi connectivity index (χ0) is 12.8. The lowest BCUT2D eigenvalue weighted by Gasteiger charge is -2.30. The third-order valence-corrected chi connectivity index (χ3v) is 4.64. The van der Waals surface area contributed by atoms with Crippen molar-refractivity contribution in [1.82, 2.24) is 10.6 Å². The average molecular weight is 252 g/mol. The minimum atomic E-state index is 0.0728. The molecule has 2 rings (SSSR count). The smallest absolute Gasteiger partial charge is 0.315 e. The molecular formula is C15H28N2O. The Morgan fingerprint density at radius 3 is 2.33 bits per heavy atom. The molecule has 18 heavy (non-hydrogen) atoms. The number of carbonyl (C=O) groups excluding carboxylic acids is 1. The first-order valence-corrected chi connectivity index (χ1v) is 7.85. The maximum Gasteiger partial charge on any atom is 0.315 e. The highest BCUT2D eigenvalue weighted by Gasteiger charge is 2.23. The monoisotopic (exact) mass is 252 g/mol. The zero-order valence-electron chi connectivity index (χ0n) is 11.7. The predicted octanol–water partition coefficient (Wildman–Crippen LogP) is 3.59. The summed E-state index contributed by atoms with van der Waals surface area (Å²) in [6.07, 6.45) is 12.4. The van der Waals surface area contributed by atoms with E-state index in [9.17, 15) is 4.79 Å². The molecule has 3 heteroatoms. The van der Waals surface area contributed by atoms with Crippen LogP contribution in [0.3, 0.4) is 0 Å². The molecule has 2 aliphatic rings. The van der Waals surface area contributed by atoms with E-state index in [0.29, 0.717) is 12.1 Å². The summed E-state index contributed by atoms with van der Waals surface area (Å²) in [6, 6.07) is 0.903. The lowest BCUT2D eigenvalue weighted by molar-refractivity contribution is 0.217. The van der Waals surface area contributed by atoms with E-state index in [1.165, 1.54) is 44.9 Å². The van der Waals surface area contributed by atoms with Crippen molar-refractivity contribution < 1.29 is 4.79 Å². The summed E-state index contributed by atoms with van der Waals surface area (Å²) in [5.74, 6) is 0.818. The molecule has 2 unspecified atom stereocenters. The zero-order valence-corrected chi connectivity index (χ0v) is 11.7. The van der Waals surface area contributed by atoms with Crippen LogP contribution in [0.5, 0.6) is 0 Å². The fraction of sp³-hybridized carbons (Fsp3) is 0.933. The number of carbonyl (C=O) groups is 1. The Kier molecular flexibility index (Phi) is 5.33. The molecule has 0 aliphatic heterocycles. The lowest BCUT2D eigenvalue weighted by atomic mass is 9.84. The molecule has 2 atom stereocenters. The van der Waals surface area contributed by atoms with Crippen LogP contribution in [0.15, 0.2) is 0 Å². The van der Waals surface area contributed by atoms with E-state index < -0.39 is 0 Å². The van der Waals surface area contributed by atoms with E-state index in [0.717, 1.165) is 25.2 Å². The molecule has 0 aromatic rings. The van der Waals surface area contributed by atoms with Crippen LogP contribution in [0, 0.1) is 5.92 Å². The van der Waals surface area contributed by atoms with Gasteiger partial charge in [-0.1, -0.05) is 45.4 Å². The number of urea groups is 1. The Hall–Kier alpha value is -0.730. The fourth-order valence-electron chi connectivity index (χ4n) is 3.45. The van der Waals surface area contributed by atoms with Gasteiger partial charge in [0, 0.05) is 12.1 Å². The van der Waals surface area contributed by atoms with E-state index in [1.54, 1.807) is 0 Å². The molecule has 0 aromatic heterocycles. The van der Waals surface area contributed by atoms with Crippen molar-refractivity contribution in [3.8, 4) is 0 Å². The van der Waals surface area contributed by atoms with Crippen molar-refractivity contribution in [2.24, 2.45) is 5.92 Å². The molecule has 3 nitrogen and oxygen atoms in total. The van der Waals surface area contributed by atoms with Gasteiger partial charge in [-0.2, -0.15) is 0 Å². The molecule has 0 bridgehead atoms. The van der Waals surface area contributed by atoms with Crippen molar-refractivity contribution in [3.05, 3.63) is 0 Å². The van der Waals surface area contributed by atoms with Gasteiger partial charge in [0.05, 0.1) is 0 Å². The Labute approximate surface area is 111 Å². The quantitative estimate of drug-likeness (QED) is 0.792. The molecule has 0 saturated heterocycles. The summed E-state index contributed by atoms with van der Waals surface area (Å²) in [7, 11) is 0. The Morgan fingerprint density at radius 2 is 1.61 bits per heavy atom. The van der Waals surface area contributed by atoms with Crippen LogP contribution in [0.2, 0.25) is 0 Å². The summed E-state index contributed by atoms with van der Waals surface area (Å²) in [5, 5.41) is 6.33.